The summed E-state index contributed by atoms with van der Waals surface area (Å²) >= 11 is 0. The Morgan fingerprint density at radius 1 is 1.20 bits per heavy atom. The van der Waals surface area contributed by atoms with Crippen molar-refractivity contribution in [3.8, 4) is 0 Å². The Labute approximate surface area is 116 Å². The van der Waals surface area contributed by atoms with Crippen molar-refractivity contribution in [3.05, 3.63) is 29.3 Å². The average molecular weight is 289 g/mol. The van der Waals surface area contributed by atoms with Gasteiger partial charge in [-0.05, 0) is 23.8 Å². The molecule has 1 rings (SSSR count). The van der Waals surface area contributed by atoms with E-state index in [2.05, 4.69) is 0 Å². The number of hydrogen-bond acceptors (Lipinski definition) is 2. The highest BCUT2D eigenvalue weighted by Crippen LogP contribution is 2.40. The van der Waals surface area contributed by atoms with E-state index in [-0.39, 0.29) is 12.0 Å². The molecule has 0 aliphatic rings. The molecule has 1 N–H and O–H groups in total. The van der Waals surface area contributed by atoms with Crippen molar-refractivity contribution in [2.45, 2.75) is 31.9 Å². The molecule has 0 radical (unpaired) electrons. The molecule has 0 spiro atoms. The third-order valence-corrected chi connectivity index (χ3v) is 3.15. The Balaban J connectivity index is 3.46. The van der Waals surface area contributed by atoms with E-state index >= 15 is 0 Å². The van der Waals surface area contributed by atoms with Gasteiger partial charge in [-0.3, -0.25) is 4.79 Å². The van der Waals surface area contributed by atoms with Gasteiger partial charge in [0.1, 0.15) is 0 Å². The number of hydrogen-bond donors (Lipinski definition) is 1. The molecular weight excluding hydrogens is 271 g/mol. The first-order valence-electron chi connectivity index (χ1n) is 6.06. The first-order chi connectivity index (χ1) is 8.95. The Bertz CT molecular complexity index is 508. The van der Waals surface area contributed by atoms with Crippen LogP contribution >= 0.6 is 0 Å². The zero-order valence-electron chi connectivity index (χ0n) is 11.9. The maximum atomic E-state index is 13.1. The summed E-state index contributed by atoms with van der Waals surface area (Å²) in [5, 5.41) is 8.89. The van der Waals surface area contributed by atoms with Crippen LogP contribution in [0.5, 0.6) is 0 Å². The summed E-state index contributed by atoms with van der Waals surface area (Å²) in [5.74, 6) is -1.13. The number of carboxylic acid groups (broad SMARTS) is 1. The average Bonchev–Trinajstić information content (AvgIpc) is 2.25. The smallest absolute Gasteiger partial charge is 0.416 e. The number of carboxylic acids is 1. The van der Waals surface area contributed by atoms with Gasteiger partial charge in [0.25, 0.3) is 0 Å². The van der Waals surface area contributed by atoms with Crippen LogP contribution in [0.4, 0.5) is 18.9 Å². The highest BCUT2D eigenvalue weighted by atomic mass is 19.4. The van der Waals surface area contributed by atoms with Crippen LogP contribution in [-0.4, -0.2) is 25.2 Å². The van der Waals surface area contributed by atoms with Crippen LogP contribution in [0.3, 0.4) is 0 Å². The topological polar surface area (TPSA) is 40.5 Å². The van der Waals surface area contributed by atoms with Crippen LogP contribution < -0.4 is 4.90 Å². The minimum Gasteiger partial charge on any atom is -0.481 e. The number of halogens is 3. The fourth-order valence-corrected chi connectivity index (χ4v) is 2.09. The summed E-state index contributed by atoms with van der Waals surface area (Å²) in [7, 11) is 3.44. The zero-order chi connectivity index (χ0) is 15.7. The second-order valence-corrected chi connectivity index (χ2v) is 5.58. The third-order valence-electron chi connectivity index (χ3n) is 3.15. The number of aliphatic carboxylic acids is 1. The minimum atomic E-state index is -4.50. The molecule has 20 heavy (non-hydrogen) atoms. The fraction of sp³-hybridized carbons (Fsp3) is 0.500. The van der Waals surface area contributed by atoms with Crippen molar-refractivity contribution in [2.75, 3.05) is 19.0 Å². The van der Waals surface area contributed by atoms with Crippen LogP contribution in [0.1, 0.15) is 31.4 Å². The van der Waals surface area contributed by atoms with Gasteiger partial charge < -0.3 is 10.0 Å². The molecule has 0 heterocycles. The minimum absolute atomic E-state index is 0.00130. The maximum absolute atomic E-state index is 13.1. The summed E-state index contributed by atoms with van der Waals surface area (Å²) in [5.41, 5.74) is -1.29. The van der Waals surface area contributed by atoms with Gasteiger partial charge in [-0.1, -0.05) is 13.8 Å². The Morgan fingerprint density at radius 2 is 1.75 bits per heavy atom. The molecule has 0 saturated carbocycles. The lowest BCUT2D eigenvalue weighted by molar-refractivity contribution is -0.141. The van der Waals surface area contributed by atoms with Gasteiger partial charge in [0, 0.05) is 25.2 Å². The predicted octanol–water partition coefficient (Wildman–Crippen LogP) is 3.52. The second-order valence-electron chi connectivity index (χ2n) is 5.58. The number of nitrogens with zero attached hydrogens (tertiary/aromatic N) is 1. The first kappa shape index (κ1) is 16.3. The highest BCUT2D eigenvalue weighted by Gasteiger charge is 2.38. The molecule has 3 nitrogen and oxygen atoms in total. The number of anilines is 1. The SMILES string of the molecule is CN(C)c1ccc(C(F)(F)F)c(C(C)(C)CC(=O)O)c1. The molecule has 0 unspecified atom stereocenters. The van der Waals surface area contributed by atoms with E-state index in [1.54, 1.807) is 19.0 Å². The highest BCUT2D eigenvalue weighted by molar-refractivity contribution is 5.69. The quantitative estimate of drug-likeness (QED) is 0.922. The molecule has 0 aliphatic heterocycles. The van der Waals surface area contributed by atoms with Crippen molar-refractivity contribution in [1.82, 2.24) is 0 Å². The zero-order valence-corrected chi connectivity index (χ0v) is 11.9. The lowest BCUT2D eigenvalue weighted by Crippen LogP contribution is -2.26. The molecular formula is C14H18F3NO2. The second kappa shape index (κ2) is 5.34. The van der Waals surface area contributed by atoms with Crippen LogP contribution in [0.2, 0.25) is 0 Å². The summed E-state index contributed by atoms with van der Waals surface area (Å²) in [6.07, 6.45) is -4.87. The van der Waals surface area contributed by atoms with E-state index in [9.17, 15) is 18.0 Å². The molecule has 0 bridgehead atoms. The first-order valence-corrected chi connectivity index (χ1v) is 6.06. The molecule has 0 aliphatic carbocycles. The molecule has 0 amide bonds. The summed E-state index contributed by atoms with van der Waals surface area (Å²) in [4.78, 5) is 12.6. The van der Waals surface area contributed by atoms with Crippen LogP contribution in [0.15, 0.2) is 18.2 Å². The van der Waals surface area contributed by atoms with Gasteiger partial charge in [-0.15, -0.1) is 0 Å². The monoisotopic (exact) mass is 289 g/mol. The van der Waals surface area contributed by atoms with Crippen LogP contribution in [0.25, 0.3) is 0 Å². The predicted molar refractivity (Wildman–Crippen MR) is 71.0 cm³/mol. The van der Waals surface area contributed by atoms with Gasteiger partial charge >= 0.3 is 12.1 Å². The number of benzene rings is 1. The largest absolute Gasteiger partial charge is 0.481 e. The molecule has 0 fully saturated rings. The molecule has 0 atom stereocenters. The van der Waals surface area contributed by atoms with Crippen molar-refractivity contribution in [2.24, 2.45) is 0 Å². The van der Waals surface area contributed by atoms with E-state index in [0.29, 0.717) is 5.69 Å². The van der Waals surface area contributed by atoms with Crippen molar-refractivity contribution >= 4 is 11.7 Å². The molecule has 0 saturated heterocycles. The normalized spacial score (nSPS) is 12.3. The summed E-state index contributed by atoms with van der Waals surface area (Å²) < 4.78 is 39.3. The Morgan fingerprint density at radius 3 is 2.15 bits per heavy atom. The number of carbonyl (C=O) groups is 1. The molecule has 0 aromatic heterocycles. The molecule has 1 aromatic carbocycles. The van der Waals surface area contributed by atoms with Gasteiger partial charge in [0.2, 0.25) is 0 Å². The van der Waals surface area contributed by atoms with Crippen LogP contribution in [0, 0.1) is 0 Å². The number of alkyl halides is 3. The Kier molecular flexibility index (Phi) is 4.36. The molecule has 1 aromatic rings. The molecule has 6 heteroatoms. The van der Waals surface area contributed by atoms with Gasteiger partial charge in [-0.25, -0.2) is 0 Å². The van der Waals surface area contributed by atoms with E-state index in [1.165, 1.54) is 26.0 Å². The lowest BCUT2D eigenvalue weighted by atomic mass is 9.78. The van der Waals surface area contributed by atoms with Gasteiger partial charge in [0.15, 0.2) is 0 Å². The number of rotatable bonds is 4. The lowest BCUT2D eigenvalue weighted by Gasteiger charge is -2.28. The molecule has 112 valence electrons. The maximum Gasteiger partial charge on any atom is 0.416 e. The van der Waals surface area contributed by atoms with E-state index in [1.807, 2.05) is 0 Å². The van der Waals surface area contributed by atoms with Gasteiger partial charge in [-0.2, -0.15) is 13.2 Å². The van der Waals surface area contributed by atoms with Crippen molar-refractivity contribution < 1.29 is 23.1 Å². The summed E-state index contributed by atoms with van der Waals surface area (Å²) in [6, 6.07) is 3.79. The van der Waals surface area contributed by atoms with Crippen LogP contribution in [-0.2, 0) is 16.4 Å². The Hall–Kier alpha value is -1.72. The summed E-state index contributed by atoms with van der Waals surface area (Å²) in [6.45, 7) is 3.01. The fourth-order valence-electron chi connectivity index (χ4n) is 2.09. The van der Waals surface area contributed by atoms with Gasteiger partial charge in [0.05, 0.1) is 12.0 Å². The van der Waals surface area contributed by atoms with E-state index in [0.717, 1.165) is 6.07 Å². The van der Waals surface area contributed by atoms with Crippen molar-refractivity contribution in [1.29, 1.82) is 0 Å². The van der Waals surface area contributed by atoms with Crippen molar-refractivity contribution in [3.63, 3.8) is 0 Å². The van der Waals surface area contributed by atoms with E-state index in [4.69, 9.17) is 5.11 Å². The third kappa shape index (κ3) is 3.65. The standard InChI is InChI=1S/C14H18F3NO2/c1-13(2,8-12(19)20)11-7-9(18(3)4)5-6-10(11)14(15,16)17/h5-7H,8H2,1-4H3,(H,19,20). The van der Waals surface area contributed by atoms with E-state index < -0.39 is 23.1 Å².